The number of pyridine rings is 1. The number of rotatable bonds is 4. The molecule has 7 nitrogen and oxygen atoms in total. The van der Waals surface area contributed by atoms with E-state index in [1.807, 2.05) is 0 Å². The first kappa shape index (κ1) is 18.4. The van der Waals surface area contributed by atoms with Crippen molar-refractivity contribution in [2.75, 3.05) is 13.6 Å². The average Bonchev–Trinajstić information content (AvgIpc) is 2.86. The van der Waals surface area contributed by atoms with Gasteiger partial charge in [0.1, 0.15) is 6.54 Å². The Balaban J connectivity index is 1.69. The van der Waals surface area contributed by atoms with Crippen LogP contribution in [-0.4, -0.2) is 52.3 Å². The van der Waals surface area contributed by atoms with E-state index in [9.17, 15) is 14.4 Å². The highest BCUT2D eigenvalue weighted by Crippen LogP contribution is 2.29. The van der Waals surface area contributed by atoms with Crippen molar-refractivity contribution in [3.05, 3.63) is 30.1 Å². The number of nitrogens with zero attached hydrogens (tertiary/aromatic N) is 3. The Bertz CT molecular complexity index is 700. The molecule has 0 aromatic carbocycles. The maximum Gasteiger partial charge on any atom is 0.325 e. The maximum absolute atomic E-state index is 12.8. The number of imide groups is 1. The molecule has 1 aromatic rings. The smallest absolute Gasteiger partial charge is 0.325 e. The SMILES string of the molecule is CC1CCC(N(C)C(=O)CN2C(=O)NC(C)(c3ccccn3)C2=O)CC1. The molecule has 1 aliphatic heterocycles. The van der Waals surface area contributed by atoms with E-state index in [1.54, 1.807) is 43.3 Å². The van der Waals surface area contributed by atoms with E-state index in [0.29, 0.717) is 11.6 Å². The van der Waals surface area contributed by atoms with Gasteiger partial charge in [0.05, 0.1) is 5.69 Å². The fraction of sp³-hybridized carbons (Fsp3) is 0.579. The highest BCUT2D eigenvalue weighted by Gasteiger charge is 2.50. The van der Waals surface area contributed by atoms with Crippen LogP contribution >= 0.6 is 0 Å². The van der Waals surface area contributed by atoms with Gasteiger partial charge in [-0.25, -0.2) is 4.79 Å². The predicted octanol–water partition coefficient (Wildman–Crippen LogP) is 1.89. The van der Waals surface area contributed by atoms with Crippen LogP contribution in [0.15, 0.2) is 24.4 Å². The van der Waals surface area contributed by atoms with Crippen molar-refractivity contribution >= 4 is 17.8 Å². The van der Waals surface area contributed by atoms with E-state index in [4.69, 9.17) is 0 Å². The highest BCUT2D eigenvalue weighted by molar-refractivity contribution is 6.08. The molecule has 4 amide bonds. The number of amides is 4. The summed E-state index contributed by atoms with van der Waals surface area (Å²) in [7, 11) is 1.76. The minimum Gasteiger partial charge on any atom is -0.341 e. The molecule has 1 unspecified atom stereocenters. The Hall–Kier alpha value is -2.44. The largest absolute Gasteiger partial charge is 0.341 e. The van der Waals surface area contributed by atoms with Crippen LogP contribution < -0.4 is 5.32 Å². The molecule has 26 heavy (non-hydrogen) atoms. The van der Waals surface area contributed by atoms with Crippen LogP contribution in [0, 0.1) is 5.92 Å². The van der Waals surface area contributed by atoms with Gasteiger partial charge in [0.2, 0.25) is 5.91 Å². The van der Waals surface area contributed by atoms with E-state index >= 15 is 0 Å². The van der Waals surface area contributed by atoms with Gasteiger partial charge in [0.25, 0.3) is 5.91 Å². The van der Waals surface area contributed by atoms with Gasteiger partial charge < -0.3 is 10.2 Å². The summed E-state index contributed by atoms with van der Waals surface area (Å²) in [5.41, 5.74) is -0.778. The summed E-state index contributed by atoms with van der Waals surface area (Å²) in [6.07, 6.45) is 5.71. The summed E-state index contributed by atoms with van der Waals surface area (Å²) in [4.78, 5) is 44.7. The van der Waals surface area contributed by atoms with Gasteiger partial charge in [-0.2, -0.15) is 0 Å². The van der Waals surface area contributed by atoms with E-state index in [-0.39, 0.29) is 18.5 Å². The second kappa shape index (κ2) is 7.05. The summed E-state index contributed by atoms with van der Waals surface area (Å²) >= 11 is 0. The number of hydrogen-bond donors (Lipinski definition) is 1. The summed E-state index contributed by atoms with van der Waals surface area (Å²) < 4.78 is 0. The zero-order chi connectivity index (χ0) is 18.9. The van der Waals surface area contributed by atoms with Crippen molar-refractivity contribution in [2.45, 2.75) is 51.1 Å². The Labute approximate surface area is 153 Å². The lowest BCUT2D eigenvalue weighted by atomic mass is 9.87. The minimum absolute atomic E-state index is 0.182. The molecule has 0 radical (unpaired) electrons. The molecule has 7 heteroatoms. The summed E-state index contributed by atoms with van der Waals surface area (Å²) in [5.74, 6) is 0.0401. The van der Waals surface area contributed by atoms with E-state index in [1.165, 1.54) is 0 Å². The van der Waals surface area contributed by atoms with Crippen LogP contribution in [0.25, 0.3) is 0 Å². The lowest BCUT2D eigenvalue weighted by Gasteiger charge is -2.34. The Morgan fingerprint density at radius 3 is 2.62 bits per heavy atom. The van der Waals surface area contributed by atoms with E-state index < -0.39 is 17.5 Å². The van der Waals surface area contributed by atoms with Crippen LogP contribution in [0.3, 0.4) is 0 Å². The van der Waals surface area contributed by atoms with Crippen molar-refractivity contribution in [3.8, 4) is 0 Å². The minimum atomic E-state index is -1.24. The zero-order valence-electron chi connectivity index (χ0n) is 15.6. The number of carbonyl (C=O) groups excluding carboxylic acids is 3. The van der Waals surface area contributed by atoms with Crippen molar-refractivity contribution in [3.63, 3.8) is 0 Å². The zero-order valence-corrected chi connectivity index (χ0v) is 15.6. The molecular weight excluding hydrogens is 332 g/mol. The second-order valence-corrected chi connectivity index (χ2v) is 7.58. The van der Waals surface area contributed by atoms with Gasteiger partial charge in [0.15, 0.2) is 5.54 Å². The van der Waals surface area contributed by atoms with Gasteiger partial charge in [0, 0.05) is 19.3 Å². The molecule has 2 heterocycles. The van der Waals surface area contributed by atoms with Crippen LogP contribution in [-0.2, 0) is 15.1 Å². The lowest BCUT2D eigenvalue weighted by molar-refractivity contribution is -0.139. The van der Waals surface area contributed by atoms with Crippen molar-refractivity contribution in [2.24, 2.45) is 5.92 Å². The Kier molecular flexibility index (Phi) is 4.98. The number of nitrogens with one attached hydrogen (secondary N) is 1. The Morgan fingerprint density at radius 1 is 1.31 bits per heavy atom. The molecule has 3 rings (SSSR count). The normalized spacial score (nSPS) is 28.8. The quantitative estimate of drug-likeness (QED) is 0.833. The molecular formula is C19H26N4O3. The number of hydrogen-bond acceptors (Lipinski definition) is 4. The topological polar surface area (TPSA) is 82.6 Å². The third kappa shape index (κ3) is 3.30. The van der Waals surface area contributed by atoms with Crippen LogP contribution in [0.4, 0.5) is 4.79 Å². The molecule has 1 saturated heterocycles. The van der Waals surface area contributed by atoms with Gasteiger partial charge in [-0.15, -0.1) is 0 Å². The highest BCUT2D eigenvalue weighted by atomic mass is 16.2. The van der Waals surface area contributed by atoms with Crippen LogP contribution in [0.5, 0.6) is 0 Å². The molecule has 1 saturated carbocycles. The van der Waals surface area contributed by atoms with Crippen LogP contribution in [0.2, 0.25) is 0 Å². The van der Waals surface area contributed by atoms with E-state index in [2.05, 4.69) is 17.2 Å². The third-order valence-electron chi connectivity index (χ3n) is 5.67. The first-order valence-electron chi connectivity index (χ1n) is 9.14. The molecule has 1 aromatic heterocycles. The molecule has 1 aliphatic carbocycles. The summed E-state index contributed by atoms with van der Waals surface area (Å²) in [5, 5.41) is 2.68. The molecule has 140 valence electrons. The fourth-order valence-corrected chi connectivity index (χ4v) is 3.75. The first-order chi connectivity index (χ1) is 12.3. The molecule has 2 aliphatic rings. The predicted molar refractivity (Wildman–Crippen MR) is 96.0 cm³/mol. The van der Waals surface area contributed by atoms with Crippen molar-refractivity contribution in [1.29, 1.82) is 0 Å². The van der Waals surface area contributed by atoms with Gasteiger partial charge in [-0.1, -0.05) is 13.0 Å². The lowest BCUT2D eigenvalue weighted by Crippen LogP contribution is -2.47. The number of urea groups is 1. The van der Waals surface area contributed by atoms with E-state index in [0.717, 1.165) is 30.6 Å². The van der Waals surface area contributed by atoms with Gasteiger partial charge in [-0.05, 0) is 50.7 Å². The standard InChI is InChI=1S/C19H26N4O3/c1-13-7-9-14(10-8-13)22(3)16(24)12-23-17(25)19(2,21-18(23)26)15-6-4-5-11-20-15/h4-6,11,13-14H,7-10,12H2,1-3H3,(H,21,26). The second-order valence-electron chi connectivity index (χ2n) is 7.58. The molecule has 0 bridgehead atoms. The van der Waals surface area contributed by atoms with Gasteiger partial charge in [-0.3, -0.25) is 19.5 Å². The molecule has 2 fully saturated rings. The summed E-state index contributed by atoms with van der Waals surface area (Å²) in [6, 6.07) is 4.83. The average molecular weight is 358 g/mol. The number of carbonyl (C=O) groups is 3. The monoisotopic (exact) mass is 358 g/mol. The van der Waals surface area contributed by atoms with Gasteiger partial charge >= 0.3 is 6.03 Å². The number of likely N-dealkylation sites (N-methyl/N-ethyl adjacent to an activating group) is 1. The van der Waals surface area contributed by atoms with Crippen LogP contribution in [0.1, 0.15) is 45.2 Å². The third-order valence-corrected chi connectivity index (χ3v) is 5.67. The molecule has 1 atom stereocenters. The summed E-state index contributed by atoms with van der Waals surface area (Å²) in [6.45, 7) is 3.60. The molecule has 1 N–H and O–H groups in total. The molecule has 0 spiro atoms. The van der Waals surface area contributed by atoms with Crippen molar-refractivity contribution < 1.29 is 14.4 Å². The van der Waals surface area contributed by atoms with Crippen molar-refractivity contribution in [1.82, 2.24) is 20.1 Å². The first-order valence-corrected chi connectivity index (χ1v) is 9.14. The fourth-order valence-electron chi connectivity index (χ4n) is 3.75. The Morgan fingerprint density at radius 2 is 2.00 bits per heavy atom. The maximum atomic E-state index is 12.8. The number of aromatic nitrogens is 1.